The van der Waals surface area contributed by atoms with Gasteiger partial charge >= 0.3 is 0 Å². The third-order valence-electron chi connectivity index (χ3n) is 1.36. The van der Waals surface area contributed by atoms with E-state index in [0.717, 1.165) is 0 Å². The summed E-state index contributed by atoms with van der Waals surface area (Å²) in [5.41, 5.74) is 0.307. The fraction of sp³-hybridized carbons (Fsp3) is 0.143. The van der Waals surface area contributed by atoms with Crippen LogP contribution in [-0.4, -0.2) is 13.9 Å². The summed E-state index contributed by atoms with van der Waals surface area (Å²) in [5, 5.41) is 4.93. The van der Waals surface area contributed by atoms with Gasteiger partial charge in [-0.25, -0.2) is 13.6 Å². The second kappa shape index (κ2) is 4.08. The zero-order valence-corrected chi connectivity index (χ0v) is 9.01. The van der Waals surface area contributed by atoms with Gasteiger partial charge in [0.15, 0.2) is 0 Å². The molecule has 6 heteroatoms. The number of ether oxygens (including phenoxy) is 1. The molecule has 72 valence electrons. The number of sulfonamides is 1. The topological polar surface area (TPSA) is 69.4 Å². The largest absolute Gasteiger partial charge is 0.482 e. The van der Waals surface area contributed by atoms with Crippen LogP contribution >= 0.6 is 15.9 Å². The van der Waals surface area contributed by atoms with Crippen molar-refractivity contribution < 1.29 is 13.2 Å². The van der Waals surface area contributed by atoms with Gasteiger partial charge in [-0.2, -0.15) is 0 Å². The summed E-state index contributed by atoms with van der Waals surface area (Å²) < 4.78 is 26.8. The van der Waals surface area contributed by atoms with Crippen LogP contribution in [0.5, 0.6) is 5.75 Å². The van der Waals surface area contributed by atoms with Crippen molar-refractivity contribution in [2.24, 2.45) is 5.14 Å². The Morgan fingerprint density at radius 1 is 1.46 bits per heavy atom. The molecule has 0 aliphatic carbocycles. The van der Waals surface area contributed by atoms with Crippen molar-refractivity contribution in [3.05, 3.63) is 24.3 Å². The Morgan fingerprint density at radius 3 is 2.69 bits per heavy atom. The van der Waals surface area contributed by atoms with Gasteiger partial charge in [-0.15, -0.1) is 0 Å². The zero-order valence-electron chi connectivity index (χ0n) is 6.60. The van der Waals surface area contributed by atoms with Gasteiger partial charge in [-0.1, -0.05) is 6.07 Å². The average molecular weight is 266 g/mol. The van der Waals surface area contributed by atoms with Gasteiger partial charge in [0.05, 0.1) is 4.90 Å². The number of alkyl halides is 1. The van der Waals surface area contributed by atoms with Crippen LogP contribution in [0.15, 0.2) is 29.2 Å². The first-order valence-electron chi connectivity index (χ1n) is 3.35. The Labute approximate surface area is 84.9 Å². The molecule has 0 amide bonds. The molecule has 1 aromatic carbocycles. The smallest absolute Gasteiger partial charge is 0.238 e. The number of rotatable bonds is 3. The summed E-state index contributed by atoms with van der Waals surface area (Å²) >= 11 is 3.06. The van der Waals surface area contributed by atoms with E-state index >= 15 is 0 Å². The summed E-state index contributed by atoms with van der Waals surface area (Å²) in [6.07, 6.45) is 0. The minimum absolute atomic E-state index is 0.0472. The number of primary sulfonamides is 1. The molecule has 1 aromatic rings. The fourth-order valence-corrected chi connectivity index (χ4v) is 1.62. The highest BCUT2D eigenvalue weighted by Gasteiger charge is 2.07. The molecule has 0 aliphatic heterocycles. The molecular weight excluding hydrogens is 258 g/mol. The molecule has 0 atom stereocenters. The van der Waals surface area contributed by atoms with Crippen molar-refractivity contribution in [3.63, 3.8) is 0 Å². The molecule has 0 heterocycles. The van der Waals surface area contributed by atoms with Crippen LogP contribution in [0.1, 0.15) is 0 Å². The van der Waals surface area contributed by atoms with E-state index in [9.17, 15) is 8.42 Å². The Hall–Kier alpha value is -0.590. The predicted molar refractivity (Wildman–Crippen MR) is 52.2 cm³/mol. The number of halogens is 1. The monoisotopic (exact) mass is 265 g/mol. The lowest BCUT2D eigenvalue weighted by atomic mass is 10.3. The summed E-state index contributed by atoms with van der Waals surface area (Å²) in [4.78, 5) is 0.0472. The Kier molecular flexibility index (Phi) is 3.29. The van der Waals surface area contributed by atoms with Crippen molar-refractivity contribution in [2.45, 2.75) is 4.90 Å². The number of hydrogen-bond donors (Lipinski definition) is 1. The third-order valence-corrected chi connectivity index (χ3v) is 2.50. The lowest BCUT2D eigenvalue weighted by Crippen LogP contribution is -2.11. The highest BCUT2D eigenvalue weighted by atomic mass is 79.9. The van der Waals surface area contributed by atoms with Crippen LogP contribution in [-0.2, 0) is 10.0 Å². The van der Waals surface area contributed by atoms with Crippen LogP contribution in [0.25, 0.3) is 0 Å². The van der Waals surface area contributed by atoms with Crippen molar-refractivity contribution in [3.8, 4) is 5.75 Å². The van der Waals surface area contributed by atoms with E-state index < -0.39 is 10.0 Å². The second-order valence-electron chi connectivity index (χ2n) is 2.27. The van der Waals surface area contributed by atoms with Crippen molar-refractivity contribution in [1.29, 1.82) is 0 Å². The minimum atomic E-state index is -3.64. The maximum Gasteiger partial charge on any atom is 0.238 e. The maximum absolute atomic E-state index is 10.9. The minimum Gasteiger partial charge on any atom is -0.482 e. The van der Waals surface area contributed by atoms with Crippen LogP contribution in [0, 0.1) is 0 Å². The highest BCUT2D eigenvalue weighted by molar-refractivity contribution is 9.09. The van der Waals surface area contributed by atoms with Crippen molar-refractivity contribution in [1.82, 2.24) is 0 Å². The van der Waals surface area contributed by atoms with Gasteiger partial charge in [0.1, 0.15) is 11.3 Å². The zero-order chi connectivity index (χ0) is 9.90. The molecule has 0 saturated carbocycles. The molecule has 0 saturated heterocycles. The highest BCUT2D eigenvalue weighted by Crippen LogP contribution is 2.16. The average Bonchev–Trinajstić information content (AvgIpc) is 2.04. The molecule has 0 fully saturated rings. The van der Waals surface area contributed by atoms with E-state index in [1.54, 1.807) is 12.1 Å². The molecule has 4 nitrogen and oxygen atoms in total. The number of hydrogen-bond acceptors (Lipinski definition) is 3. The Morgan fingerprint density at radius 2 is 2.15 bits per heavy atom. The normalized spacial score (nSPS) is 11.2. The van der Waals surface area contributed by atoms with Crippen molar-refractivity contribution in [2.75, 3.05) is 5.52 Å². The molecule has 0 aromatic heterocycles. The predicted octanol–water partition coefficient (Wildman–Crippen LogP) is 1.07. The molecule has 13 heavy (non-hydrogen) atoms. The SMILES string of the molecule is NS(=O)(=O)c1cccc(OCBr)c1. The first-order chi connectivity index (χ1) is 6.04. The van der Waals surface area contributed by atoms with Crippen LogP contribution in [0.2, 0.25) is 0 Å². The maximum atomic E-state index is 10.9. The lowest BCUT2D eigenvalue weighted by Gasteiger charge is -2.03. The van der Waals surface area contributed by atoms with Crippen LogP contribution < -0.4 is 9.88 Å². The second-order valence-corrected chi connectivity index (χ2v) is 4.29. The van der Waals surface area contributed by atoms with Gasteiger partial charge in [0.2, 0.25) is 10.0 Å². The summed E-state index contributed by atoms with van der Waals surface area (Å²) in [7, 11) is -3.64. The molecule has 0 unspecified atom stereocenters. The van der Waals surface area contributed by atoms with Gasteiger partial charge in [-0.05, 0) is 28.1 Å². The molecule has 0 aliphatic rings. The van der Waals surface area contributed by atoms with E-state index in [1.165, 1.54) is 12.1 Å². The molecular formula is C7H8BrNO3S. The quantitative estimate of drug-likeness (QED) is 0.832. The Bertz CT molecular complexity index is 390. The first-order valence-corrected chi connectivity index (χ1v) is 6.02. The molecule has 1 rings (SSSR count). The lowest BCUT2D eigenvalue weighted by molar-refractivity contribution is 0.396. The first kappa shape index (κ1) is 10.5. The van der Waals surface area contributed by atoms with Gasteiger partial charge in [0, 0.05) is 6.07 Å². The number of benzene rings is 1. The van der Waals surface area contributed by atoms with E-state index in [-0.39, 0.29) is 4.90 Å². The summed E-state index contributed by atoms with van der Waals surface area (Å²) in [6, 6.07) is 6.00. The number of nitrogens with two attached hydrogens (primary N) is 1. The third kappa shape index (κ3) is 2.98. The van der Waals surface area contributed by atoms with Gasteiger partial charge in [0.25, 0.3) is 0 Å². The Balaban J connectivity index is 3.06. The van der Waals surface area contributed by atoms with Gasteiger partial charge < -0.3 is 4.74 Å². The van der Waals surface area contributed by atoms with Crippen molar-refractivity contribution >= 4 is 26.0 Å². The summed E-state index contributed by atoms with van der Waals surface area (Å²) in [6.45, 7) is 0. The molecule has 0 spiro atoms. The van der Waals surface area contributed by atoms with Crippen LogP contribution in [0.4, 0.5) is 0 Å². The van der Waals surface area contributed by atoms with E-state index in [0.29, 0.717) is 11.3 Å². The molecule has 0 bridgehead atoms. The van der Waals surface area contributed by atoms with E-state index in [4.69, 9.17) is 9.88 Å². The van der Waals surface area contributed by atoms with Gasteiger partial charge in [-0.3, -0.25) is 0 Å². The fourth-order valence-electron chi connectivity index (χ4n) is 0.804. The molecule has 2 N–H and O–H groups in total. The standard InChI is InChI=1S/C7H8BrNO3S/c8-5-12-6-2-1-3-7(4-6)13(9,10)11/h1-4H,5H2,(H2,9,10,11). The van der Waals surface area contributed by atoms with E-state index in [2.05, 4.69) is 15.9 Å². The van der Waals surface area contributed by atoms with E-state index in [1.807, 2.05) is 0 Å². The molecule has 0 radical (unpaired) electrons. The summed E-state index contributed by atoms with van der Waals surface area (Å²) in [5.74, 6) is 0.461. The van der Waals surface area contributed by atoms with Crippen LogP contribution in [0.3, 0.4) is 0 Å².